The van der Waals surface area contributed by atoms with Crippen molar-refractivity contribution in [3.63, 3.8) is 0 Å². The number of carbonyl (C=O) groups excluding carboxylic acids is 1. The van der Waals surface area contributed by atoms with E-state index in [0.717, 1.165) is 80.6 Å². The van der Waals surface area contributed by atoms with Crippen molar-refractivity contribution in [3.05, 3.63) is 172 Å². The molecule has 272 valence electrons. The van der Waals surface area contributed by atoms with Gasteiger partial charge in [0, 0.05) is 56.1 Å². The van der Waals surface area contributed by atoms with Gasteiger partial charge in [-0.3, -0.25) is 10.2 Å². The Morgan fingerprint density at radius 2 is 1.06 bits per heavy atom. The second-order valence-corrected chi connectivity index (χ2v) is 14.6. The van der Waals surface area contributed by atoms with Crippen molar-refractivity contribution in [2.24, 2.45) is 0 Å². The number of amides is 1. The predicted octanol–water partition coefficient (Wildman–Crippen LogP) is 12.4. The fourth-order valence-corrected chi connectivity index (χ4v) is 8.00. The van der Waals surface area contributed by atoms with Crippen LogP contribution in [0.4, 0.5) is 28.4 Å². The molecule has 0 aromatic heterocycles. The highest BCUT2D eigenvalue weighted by atomic mass is 16.5. The van der Waals surface area contributed by atoms with E-state index in [9.17, 15) is 4.79 Å². The molecule has 1 spiro atoms. The van der Waals surface area contributed by atoms with E-state index >= 15 is 0 Å². The molecule has 0 bridgehead atoms. The molecule has 3 N–H and O–H groups in total. The van der Waals surface area contributed by atoms with E-state index in [2.05, 4.69) is 123 Å². The van der Waals surface area contributed by atoms with Crippen molar-refractivity contribution >= 4 is 34.3 Å². The van der Waals surface area contributed by atoms with Crippen LogP contribution >= 0.6 is 0 Å². The first-order chi connectivity index (χ1) is 26.4. The summed E-state index contributed by atoms with van der Waals surface area (Å²) in [7, 11) is 0. The number of unbranched alkanes of at least 4 members (excludes halogenated alkanes) is 2. The Balaban J connectivity index is 1.28. The molecule has 2 aliphatic heterocycles. The predicted molar refractivity (Wildman–Crippen MR) is 222 cm³/mol. The standard InChI is InChI=1S/C48H48N4O2/c1-5-7-14-34-20-24-36(25-21-34)49-43-30-28-41-45(32(43)3)54-46-33(4)44(50-37-26-22-35(23-27-37)15-8-6-2)31-29-42(46)48(41)40-19-13-12-18-39(40)47(53)52(48)51-38-16-10-9-11-17-38/h9-13,16-31,49-51H,5-8,14-15H2,1-4H3. The van der Waals surface area contributed by atoms with E-state index in [4.69, 9.17) is 4.74 Å². The van der Waals surface area contributed by atoms with Crippen LogP contribution in [0.15, 0.2) is 127 Å². The van der Waals surface area contributed by atoms with Crippen LogP contribution in [0.2, 0.25) is 0 Å². The largest absolute Gasteiger partial charge is 0.456 e. The fraction of sp³-hybridized carbons (Fsp3) is 0.229. The zero-order valence-electron chi connectivity index (χ0n) is 31.6. The van der Waals surface area contributed by atoms with Gasteiger partial charge < -0.3 is 15.4 Å². The maximum absolute atomic E-state index is 14.7. The summed E-state index contributed by atoms with van der Waals surface area (Å²) < 4.78 is 7.11. The van der Waals surface area contributed by atoms with Gasteiger partial charge in [0.15, 0.2) is 0 Å². The van der Waals surface area contributed by atoms with Crippen LogP contribution in [0.3, 0.4) is 0 Å². The minimum Gasteiger partial charge on any atom is -0.456 e. The van der Waals surface area contributed by atoms with Crippen LogP contribution < -0.4 is 20.8 Å². The normalized spacial score (nSPS) is 13.6. The highest BCUT2D eigenvalue weighted by molar-refractivity contribution is 6.03. The topological polar surface area (TPSA) is 65.6 Å². The number of hydrogen-bond acceptors (Lipinski definition) is 5. The summed E-state index contributed by atoms with van der Waals surface area (Å²) in [5, 5.41) is 9.17. The van der Waals surface area contributed by atoms with Crippen LogP contribution in [0.1, 0.15) is 88.8 Å². The third kappa shape index (κ3) is 6.15. The molecule has 8 rings (SSSR count). The molecular weight excluding hydrogens is 665 g/mol. The number of carbonyl (C=O) groups is 1. The van der Waals surface area contributed by atoms with Gasteiger partial charge in [-0.25, -0.2) is 5.01 Å². The van der Waals surface area contributed by atoms with Crippen LogP contribution in [-0.4, -0.2) is 10.9 Å². The molecule has 2 aliphatic rings. The van der Waals surface area contributed by atoms with Gasteiger partial charge in [-0.1, -0.05) is 99.5 Å². The molecule has 6 nitrogen and oxygen atoms in total. The molecule has 54 heavy (non-hydrogen) atoms. The van der Waals surface area contributed by atoms with Gasteiger partial charge in [-0.15, -0.1) is 0 Å². The number of anilines is 5. The zero-order valence-corrected chi connectivity index (χ0v) is 31.6. The van der Waals surface area contributed by atoms with Crippen molar-refractivity contribution in [3.8, 4) is 11.5 Å². The second-order valence-electron chi connectivity index (χ2n) is 14.6. The van der Waals surface area contributed by atoms with Crippen molar-refractivity contribution in [1.82, 2.24) is 5.01 Å². The average molecular weight is 713 g/mol. The Bertz CT molecular complexity index is 2190. The molecule has 1 amide bonds. The molecule has 0 aliphatic carbocycles. The third-order valence-electron chi connectivity index (χ3n) is 11.0. The molecule has 2 heterocycles. The van der Waals surface area contributed by atoms with E-state index < -0.39 is 5.54 Å². The molecule has 0 fully saturated rings. The molecule has 0 unspecified atom stereocenters. The molecule has 0 saturated carbocycles. The number of aryl methyl sites for hydroxylation is 2. The summed E-state index contributed by atoms with van der Waals surface area (Å²) >= 11 is 0. The van der Waals surface area contributed by atoms with E-state index in [1.807, 2.05) is 53.5 Å². The summed E-state index contributed by atoms with van der Waals surface area (Å²) in [4.78, 5) is 14.7. The van der Waals surface area contributed by atoms with Crippen LogP contribution in [-0.2, 0) is 18.4 Å². The Morgan fingerprint density at radius 3 is 1.57 bits per heavy atom. The first-order valence-electron chi connectivity index (χ1n) is 19.4. The SMILES string of the molecule is CCCCc1ccc(Nc2ccc3c(c2C)Oc2c(ccc(Nc4ccc(CCCC)cc4)c2C)C32c3ccccc3C(=O)N2Nc2ccccc2)cc1. The average Bonchev–Trinajstić information content (AvgIpc) is 3.44. The smallest absolute Gasteiger partial charge is 0.274 e. The van der Waals surface area contributed by atoms with E-state index in [1.54, 1.807) is 0 Å². The lowest BCUT2D eigenvalue weighted by Crippen LogP contribution is -2.50. The molecule has 0 radical (unpaired) electrons. The van der Waals surface area contributed by atoms with Gasteiger partial charge in [-0.2, -0.15) is 0 Å². The molecule has 0 saturated heterocycles. The number of hydrazine groups is 1. The monoisotopic (exact) mass is 712 g/mol. The minimum absolute atomic E-state index is 0.0979. The third-order valence-corrected chi connectivity index (χ3v) is 11.0. The summed E-state index contributed by atoms with van der Waals surface area (Å²) in [6.45, 7) is 8.65. The van der Waals surface area contributed by atoms with Gasteiger partial charge >= 0.3 is 0 Å². The van der Waals surface area contributed by atoms with Crippen molar-refractivity contribution < 1.29 is 9.53 Å². The Morgan fingerprint density at radius 1 is 0.556 bits per heavy atom. The Kier molecular flexibility index (Phi) is 9.59. The number of benzene rings is 6. The number of para-hydroxylation sites is 1. The lowest BCUT2D eigenvalue weighted by Gasteiger charge is -2.45. The number of rotatable bonds is 12. The summed E-state index contributed by atoms with van der Waals surface area (Å²) in [6, 6.07) is 43.8. The number of hydrogen-bond donors (Lipinski definition) is 3. The number of nitrogens with one attached hydrogen (secondary N) is 3. The Labute approximate surface area is 319 Å². The van der Waals surface area contributed by atoms with E-state index in [0.29, 0.717) is 5.56 Å². The molecule has 6 aromatic rings. The lowest BCUT2D eigenvalue weighted by molar-refractivity contribution is 0.0724. The van der Waals surface area contributed by atoms with Gasteiger partial charge in [-0.05, 0) is 105 Å². The van der Waals surface area contributed by atoms with Gasteiger partial charge in [0.05, 0.1) is 5.69 Å². The van der Waals surface area contributed by atoms with Crippen molar-refractivity contribution in [1.29, 1.82) is 0 Å². The molecular formula is C48H48N4O2. The van der Waals surface area contributed by atoms with Crippen LogP contribution in [0, 0.1) is 13.8 Å². The molecule has 0 atom stereocenters. The Hall–Kier alpha value is -6.01. The van der Waals surface area contributed by atoms with E-state index in [-0.39, 0.29) is 5.91 Å². The number of fused-ring (bicyclic) bond motifs is 6. The second kappa shape index (κ2) is 14.8. The van der Waals surface area contributed by atoms with Crippen LogP contribution in [0.5, 0.6) is 11.5 Å². The number of ether oxygens (including phenoxy) is 1. The summed E-state index contributed by atoms with van der Waals surface area (Å²) in [6.07, 6.45) is 6.88. The maximum atomic E-state index is 14.7. The first kappa shape index (κ1) is 35.0. The highest BCUT2D eigenvalue weighted by Gasteiger charge is 2.57. The summed E-state index contributed by atoms with van der Waals surface area (Å²) in [5.41, 5.74) is 15.3. The van der Waals surface area contributed by atoms with Gasteiger partial charge in [0.25, 0.3) is 5.91 Å². The molecule has 6 heteroatoms. The van der Waals surface area contributed by atoms with Gasteiger partial charge in [0.2, 0.25) is 0 Å². The maximum Gasteiger partial charge on any atom is 0.274 e. The van der Waals surface area contributed by atoms with Gasteiger partial charge in [0.1, 0.15) is 17.0 Å². The quantitative estimate of drug-likeness (QED) is 0.118. The minimum atomic E-state index is -1.03. The lowest BCUT2D eigenvalue weighted by atomic mass is 9.74. The van der Waals surface area contributed by atoms with Crippen LogP contribution in [0.25, 0.3) is 0 Å². The van der Waals surface area contributed by atoms with E-state index in [1.165, 1.54) is 36.8 Å². The number of nitrogens with zero attached hydrogens (tertiary/aromatic N) is 1. The van der Waals surface area contributed by atoms with Crippen molar-refractivity contribution in [2.45, 2.75) is 71.8 Å². The molecule has 6 aromatic carbocycles. The zero-order chi connectivity index (χ0) is 37.2. The summed E-state index contributed by atoms with van der Waals surface area (Å²) in [5.74, 6) is 1.37. The highest BCUT2D eigenvalue weighted by Crippen LogP contribution is 2.60. The fourth-order valence-electron chi connectivity index (χ4n) is 8.00. The first-order valence-corrected chi connectivity index (χ1v) is 19.4. The van der Waals surface area contributed by atoms with Crippen molar-refractivity contribution in [2.75, 3.05) is 16.1 Å².